The van der Waals surface area contributed by atoms with Crippen molar-refractivity contribution in [2.24, 2.45) is 0 Å². The number of nitrogens with one attached hydrogen (secondary N) is 1. The zero-order valence-electron chi connectivity index (χ0n) is 15.6. The SMILES string of the molecule is O=C(c1ccc2c(Cl)cc(-c3ccccc3)nc2c1)N1CC2CCCC(C1)N2. The van der Waals surface area contributed by atoms with Crippen LogP contribution in [0, 0.1) is 0 Å². The Balaban J connectivity index is 1.49. The van der Waals surface area contributed by atoms with E-state index >= 15 is 0 Å². The van der Waals surface area contributed by atoms with E-state index in [-0.39, 0.29) is 5.91 Å². The molecule has 0 aliphatic carbocycles. The number of hydrogen-bond donors (Lipinski definition) is 1. The van der Waals surface area contributed by atoms with Crippen molar-refractivity contribution in [2.75, 3.05) is 13.1 Å². The first kappa shape index (κ1) is 17.7. The Morgan fingerprint density at radius 3 is 2.54 bits per heavy atom. The lowest BCUT2D eigenvalue weighted by molar-refractivity contribution is 0.0608. The lowest BCUT2D eigenvalue weighted by atomic mass is 9.94. The van der Waals surface area contributed by atoms with Crippen molar-refractivity contribution < 1.29 is 4.79 Å². The van der Waals surface area contributed by atoms with Crippen LogP contribution in [-0.4, -0.2) is 41.0 Å². The van der Waals surface area contributed by atoms with E-state index in [1.807, 2.05) is 59.5 Å². The van der Waals surface area contributed by atoms with Crippen LogP contribution in [0.4, 0.5) is 0 Å². The van der Waals surface area contributed by atoms with Crippen molar-refractivity contribution in [1.29, 1.82) is 0 Å². The molecule has 142 valence electrons. The second kappa shape index (κ2) is 7.19. The Labute approximate surface area is 169 Å². The lowest BCUT2D eigenvalue weighted by Gasteiger charge is -2.42. The van der Waals surface area contributed by atoms with Crippen molar-refractivity contribution in [3.8, 4) is 11.3 Å². The summed E-state index contributed by atoms with van der Waals surface area (Å²) in [5, 5.41) is 5.15. The summed E-state index contributed by atoms with van der Waals surface area (Å²) in [5.74, 6) is 0.0864. The number of aromatic nitrogens is 1. The maximum atomic E-state index is 13.2. The highest BCUT2D eigenvalue weighted by atomic mass is 35.5. The van der Waals surface area contributed by atoms with Crippen LogP contribution in [0.1, 0.15) is 29.6 Å². The number of carbonyl (C=O) groups is 1. The molecule has 0 saturated carbocycles. The van der Waals surface area contributed by atoms with Crippen molar-refractivity contribution >= 4 is 28.4 Å². The molecule has 5 heteroatoms. The number of piperazine rings is 1. The number of fused-ring (bicyclic) bond motifs is 3. The first-order valence-corrected chi connectivity index (χ1v) is 10.3. The normalized spacial score (nSPS) is 21.7. The van der Waals surface area contributed by atoms with Crippen LogP contribution in [0.5, 0.6) is 0 Å². The molecular formula is C23H22ClN3O. The fourth-order valence-corrected chi connectivity index (χ4v) is 4.69. The summed E-state index contributed by atoms with van der Waals surface area (Å²) in [6.45, 7) is 1.57. The Kier molecular flexibility index (Phi) is 4.53. The summed E-state index contributed by atoms with van der Waals surface area (Å²) in [6.07, 6.45) is 3.55. The minimum atomic E-state index is 0.0864. The molecule has 2 unspecified atom stereocenters. The molecule has 1 N–H and O–H groups in total. The topological polar surface area (TPSA) is 45.2 Å². The molecule has 2 atom stereocenters. The molecule has 3 aromatic rings. The molecule has 2 aliphatic heterocycles. The van der Waals surface area contributed by atoms with Gasteiger partial charge in [-0.1, -0.05) is 54.4 Å². The van der Waals surface area contributed by atoms with Crippen molar-refractivity contribution in [2.45, 2.75) is 31.3 Å². The third-order valence-corrected chi connectivity index (χ3v) is 6.13. The van der Waals surface area contributed by atoms with Crippen LogP contribution < -0.4 is 5.32 Å². The summed E-state index contributed by atoms with van der Waals surface area (Å²) in [5.41, 5.74) is 3.27. The van der Waals surface area contributed by atoms with Gasteiger partial charge in [-0.3, -0.25) is 4.79 Å². The molecule has 1 aromatic heterocycles. The first-order chi connectivity index (χ1) is 13.7. The second-order valence-corrected chi connectivity index (χ2v) is 8.20. The number of nitrogens with zero attached hydrogens (tertiary/aromatic N) is 2. The lowest BCUT2D eigenvalue weighted by Crippen LogP contribution is -2.59. The van der Waals surface area contributed by atoms with Gasteiger partial charge in [-0.05, 0) is 31.0 Å². The number of piperidine rings is 1. The van der Waals surface area contributed by atoms with Gasteiger partial charge in [0.25, 0.3) is 5.91 Å². The quantitative estimate of drug-likeness (QED) is 0.698. The van der Waals surface area contributed by atoms with E-state index in [4.69, 9.17) is 16.6 Å². The number of hydrogen-bond acceptors (Lipinski definition) is 3. The molecule has 2 fully saturated rings. The molecule has 2 aromatic carbocycles. The molecule has 2 aliphatic rings. The van der Waals surface area contributed by atoms with Crippen LogP contribution >= 0.6 is 11.6 Å². The smallest absolute Gasteiger partial charge is 0.254 e. The van der Waals surface area contributed by atoms with Gasteiger partial charge in [0.2, 0.25) is 0 Å². The molecule has 2 bridgehead atoms. The summed E-state index contributed by atoms with van der Waals surface area (Å²) in [4.78, 5) is 19.9. The van der Waals surface area contributed by atoms with Gasteiger partial charge in [0.05, 0.1) is 16.2 Å². The number of likely N-dealkylation sites (tertiary alicyclic amines) is 1. The van der Waals surface area contributed by atoms with Gasteiger partial charge in [-0.15, -0.1) is 0 Å². The van der Waals surface area contributed by atoms with E-state index in [1.54, 1.807) is 0 Å². The zero-order valence-corrected chi connectivity index (χ0v) is 16.3. The summed E-state index contributed by atoms with van der Waals surface area (Å²) < 4.78 is 0. The Hall–Kier alpha value is -2.43. The van der Waals surface area contributed by atoms with Gasteiger partial charge < -0.3 is 10.2 Å². The number of rotatable bonds is 2. The molecule has 0 radical (unpaired) electrons. The van der Waals surface area contributed by atoms with E-state index < -0.39 is 0 Å². The average molecular weight is 392 g/mol. The van der Waals surface area contributed by atoms with Crippen LogP contribution in [0.25, 0.3) is 22.2 Å². The number of carbonyl (C=O) groups excluding carboxylic acids is 1. The number of pyridine rings is 1. The maximum absolute atomic E-state index is 13.2. The van der Waals surface area contributed by atoms with E-state index in [9.17, 15) is 4.79 Å². The van der Waals surface area contributed by atoms with E-state index in [0.29, 0.717) is 22.7 Å². The van der Waals surface area contributed by atoms with Crippen LogP contribution in [0.3, 0.4) is 0 Å². The zero-order chi connectivity index (χ0) is 19.1. The minimum Gasteiger partial charge on any atom is -0.336 e. The average Bonchev–Trinajstić information content (AvgIpc) is 2.73. The molecule has 0 spiro atoms. The first-order valence-electron chi connectivity index (χ1n) is 9.88. The Morgan fingerprint density at radius 1 is 1.04 bits per heavy atom. The van der Waals surface area contributed by atoms with Gasteiger partial charge in [0.15, 0.2) is 0 Å². The summed E-state index contributed by atoms with van der Waals surface area (Å²) >= 11 is 6.51. The molecule has 4 nitrogen and oxygen atoms in total. The fourth-order valence-electron chi connectivity index (χ4n) is 4.43. The summed E-state index contributed by atoms with van der Waals surface area (Å²) in [7, 11) is 0. The monoisotopic (exact) mass is 391 g/mol. The molecule has 3 heterocycles. The van der Waals surface area contributed by atoms with E-state index in [0.717, 1.165) is 48.1 Å². The predicted molar refractivity (Wildman–Crippen MR) is 113 cm³/mol. The minimum absolute atomic E-state index is 0.0864. The van der Waals surface area contributed by atoms with Crippen molar-refractivity contribution in [3.63, 3.8) is 0 Å². The predicted octanol–water partition coefficient (Wildman–Crippen LogP) is 4.52. The van der Waals surface area contributed by atoms with Crippen molar-refractivity contribution in [1.82, 2.24) is 15.2 Å². The largest absolute Gasteiger partial charge is 0.336 e. The van der Waals surface area contributed by atoms with E-state index in [1.165, 1.54) is 6.42 Å². The van der Waals surface area contributed by atoms with Crippen LogP contribution in [-0.2, 0) is 0 Å². The molecule has 5 rings (SSSR count). The third-order valence-electron chi connectivity index (χ3n) is 5.82. The van der Waals surface area contributed by atoms with E-state index in [2.05, 4.69) is 5.32 Å². The maximum Gasteiger partial charge on any atom is 0.254 e. The van der Waals surface area contributed by atoms with Crippen LogP contribution in [0.15, 0.2) is 54.6 Å². The van der Waals surface area contributed by atoms with Gasteiger partial charge >= 0.3 is 0 Å². The fraction of sp³-hybridized carbons (Fsp3) is 0.304. The number of amides is 1. The van der Waals surface area contributed by atoms with Gasteiger partial charge in [-0.2, -0.15) is 0 Å². The molecular weight excluding hydrogens is 370 g/mol. The highest BCUT2D eigenvalue weighted by molar-refractivity contribution is 6.35. The second-order valence-electron chi connectivity index (χ2n) is 7.79. The molecule has 28 heavy (non-hydrogen) atoms. The summed E-state index contributed by atoms with van der Waals surface area (Å²) in [6, 6.07) is 18.4. The van der Waals surface area contributed by atoms with Gasteiger partial charge in [0.1, 0.15) is 0 Å². The van der Waals surface area contributed by atoms with Crippen LogP contribution in [0.2, 0.25) is 5.02 Å². The van der Waals surface area contributed by atoms with Crippen molar-refractivity contribution in [3.05, 3.63) is 65.2 Å². The van der Waals surface area contributed by atoms with Gasteiger partial charge in [-0.25, -0.2) is 4.98 Å². The van der Waals surface area contributed by atoms with Gasteiger partial charge in [0, 0.05) is 41.7 Å². The third kappa shape index (κ3) is 3.27. The molecule has 1 amide bonds. The Bertz CT molecular complexity index is 1020. The molecule has 2 saturated heterocycles. The standard InChI is InChI=1S/C23H22ClN3O/c24-20-12-21(15-5-2-1-3-6-15)26-22-11-16(9-10-19(20)22)23(28)27-13-17-7-4-8-18(14-27)25-17/h1-3,5-6,9-12,17-18,25H,4,7-8,13-14H2. The highest BCUT2D eigenvalue weighted by Crippen LogP contribution is 2.29. The number of halogens is 1. The number of benzene rings is 2. The highest BCUT2D eigenvalue weighted by Gasteiger charge is 2.32. The Morgan fingerprint density at radius 2 is 1.79 bits per heavy atom.